The van der Waals surface area contributed by atoms with Crippen molar-refractivity contribution >= 4 is 0 Å². The molecule has 0 saturated carbocycles. The van der Waals surface area contributed by atoms with Crippen molar-refractivity contribution < 1.29 is 14.0 Å². The highest BCUT2D eigenvalue weighted by molar-refractivity contribution is 4.88. The van der Waals surface area contributed by atoms with Crippen molar-refractivity contribution in [2.24, 2.45) is 0 Å². The molecule has 0 spiro atoms. The number of rotatable bonds is 5. The fourth-order valence-electron chi connectivity index (χ4n) is 1.57. The summed E-state index contributed by atoms with van der Waals surface area (Å²) in [7, 11) is 0. The maximum atomic E-state index is 5.55. The second kappa shape index (κ2) is 5.93. The normalized spacial score (nSPS) is 21.2. The molecule has 1 aliphatic heterocycles. The summed E-state index contributed by atoms with van der Waals surface area (Å²) in [6, 6.07) is 0. The third-order valence-electron chi connectivity index (χ3n) is 2.35. The molecule has 2 heterocycles. The van der Waals surface area contributed by atoms with Gasteiger partial charge in [0.2, 0.25) is 5.89 Å². The van der Waals surface area contributed by atoms with Crippen molar-refractivity contribution in [1.82, 2.24) is 15.5 Å². The highest BCUT2D eigenvalue weighted by Crippen LogP contribution is 2.06. The van der Waals surface area contributed by atoms with Crippen LogP contribution in [0, 0.1) is 0 Å². The zero-order valence-electron chi connectivity index (χ0n) is 9.44. The molecule has 0 aromatic carbocycles. The Morgan fingerprint density at radius 2 is 2.50 bits per heavy atom. The van der Waals surface area contributed by atoms with Gasteiger partial charge in [-0.25, -0.2) is 0 Å². The third-order valence-corrected chi connectivity index (χ3v) is 2.35. The van der Waals surface area contributed by atoms with E-state index < -0.39 is 0 Å². The average Bonchev–Trinajstić information content (AvgIpc) is 2.75. The van der Waals surface area contributed by atoms with Crippen LogP contribution in [0.4, 0.5) is 0 Å². The molecule has 1 N–H and O–H groups in total. The van der Waals surface area contributed by atoms with Crippen LogP contribution in [-0.2, 0) is 22.5 Å². The van der Waals surface area contributed by atoms with Crippen molar-refractivity contribution in [2.75, 3.05) is 26.3 Å². The second-order valence-corrected chi connectivity index (χ2v) is 3.64. The average molecular weight is 227 g/mol. The van der Waals surface area contributed by atoms with Gasteiger partial charge < -0.3 is 19.3 Å². The largest absolute Gasteiger partial charge is 0.375 e. The number of ether oxygens (including phenoxy) is 2. The van der Waals surface area contributed by atoms with Gasteiger partial charge >= 0.3 is 0 Å². The first-order chi connectivity index (χ1) is 7.88. The van der Waals surface area contributed by atoms with Gasteiger partial charge in [-0.1, -0.05) is 5.16 Å². The molecule has 1 fully saturated rings. The summed E-state index contributed by atoms with van der Waals surface area (Å²) in [4.78, 5) is 4.23. The molecule has 1 atom stereocenters. The van der Waals surface area contributed by atoms with Crippen LogP contribution in [0.15, 0.2) is 4.52 Å². The summed E-state index contributed by atoms with van der Waals surface area (Å²) >= 11 is 0. The van der Waals surface area contributed by atoms with Gasteiger partial charge in [-0.15, -0.1) is 0 Å². The number of aromatic nitrogens is 2. The minimum absolute atomic E-state index is 0.133. The summed E-state index contributed by atoms with van der Waals surface area (Å²) in [6.07, 6.45) is 0.792. The van der Waals surface area contributed by atoms with E-state index in [0.717, 1.165) is 19.7 Å². The Balaban J connectivity index is 1.81. The fraction of sp³-hybridized carbons (Fsp3) is 0.800. The van der Waals surface area contributed by atoms with Crippen LogP contribution in [0.1, 0.15) is 18.6 Å². The number of hydrogen-bond donors (Lipinski definition) is 1. The van der Waals surface area contributed by atoms with Gasteiger partial charge in [0.1, 0.15) is 6.61 Å². The van der Waals surface area contributed by atoms with E-state index in [2.05, 4.69) is 15.5 Å². The summed E-state index contributed by atoms with van der Waals surface area (Å²) in [5.74, 6) is 1.21. The SMILES string of the molecule is CCOCc1noc(CC2CNCCO2)n1. The van der Waals surface area contributed by atoms with Gasteiger partial charge in [-0.3, -0.25) is 0 Å². The smallest absolute Gasteiger partial charge is 0.229 e. The van der Waals surface area contributed by atoms with Crippen molar-refractivity contribution in [2.45, 2.75) is 26.1 Å². The lowest BCUT2D eigenvalue weighted by Crippen LogP contribution is -2.39. The van der Waals surface area contributed by atoms with Crippen molar-refractivity contribution in [3.8, 4) is 0 Å². The van der Waals surface area contributed by atoms with E-state index in [1.54, 1.807) is 0 Å². The zero-order chi connectivity index (χ0) is 11.2. The van der Waals surface area contributed by atoms with E-state index in [1.807, 2.05) is 6.92 Å². The Morgan fingerprint density at radius 3 is 3.25 bits per heavy atom. The summed E-state index contributed by atoms with van der Waals surface area (Å²) in [5, 5.41) is 7.09. The molecule has 1 unspecified atom stereocenters. The summed E-state index contributed by atoms with van der Waals surface area (Å²) in [6.45, 7) is 5.48. The first-order valence-electron chi connectivity index (χ1n) is 5.60. The van der Waals surface area contributed by atoms with Gasteiger partial charge in [0, 0.05) is 19.7 Å². The van der Waals surface area contributed by atoms with Crippen LogP contribution < -0.4 is 5.32 Å². The monoisotopic (exact) mass is 227 g/mol. The Kier molecular flexibility index (Phi) is 4.26. The minimum atomic E-state index is 0.133. The summed E-state index contributed by atoms with van der Waals surface area (Å²) in [5.41, 5.74) is 0. The quantitative estimate of drug-likeness (QED) is 0.771. The molecule has 2 rings (SSSR count). The van der Waals surface area contributed by atoms with E-state index in [0.29, 0.717) is 31.3 Å². The first-order valence-corrected chi connectivity index (χ1v) is 5.60. The van der Waals surface area contributed by atoms with Crippen LogP contribution in [0.2, 0.25) is 0 Å². The van der Waals surface area contributed by atoms with Gasteiger partial charge in [-0.05, 0) is 6.92 Å². The maximum Gasteiger partial charge on any atom is 0.229 e. The van der Waals surface area contributed by atoms with Crippen LogP contribution in [0.5, 0.6) is 0 Å². The lowest BCUT2D eigenvalue weighted by molar-refractivity contribution is 0.0246. The van der Waals surface area contributed by atoms with E-state index in [1.165, 1.54) is 0 Å². The zero-order valence-corrected chi connectivity index (χ0v) is 9.44. The predicted octanol–water partition coefficient (Wildman–Crippen LogP) is 0.137. The molecule has 0 aliphatic carbocycles. The van der Waals surface area contributed by atoms with Crippen molar-refractivity contribution in [1.29, 1.82) is 0 Å². The molecule has 16 heavy (non-hydrogen) atoms. The molecule has 0 amide bonds. The van der Waals surface area contributed by atoms with E-state index in [9.17, 15) is 0 Å². The van der Waals surface area contributed by atoms with Gasteiger partial charge in [0.05, 0.1) is 19.1 Å². The molecule has 90 valence electrons. The van der Waals surface area contributed by atoms with Gasteiger partial charge in [0.15, 0.2) is 5.82 Å². The number of morpholine rings is 1. The Morgan fingerprint density at radius 1 is 1.56 bits per heavy atom. The lowest BCUT2D eigenvalue weighted by Gasteiger charge is -2.21. The molecule has 1 saturated heterocycles. The van der Waals surface area contributed by atoms with Crippen molar-refractivity contribution in [3.63, 3.8) is 0 Å². The highest BCUT2D eigenvalue weighted by Gasteiger charge is 2.17. The van der Waals surface area contributed by atoms with Crippen molar-refractivity contribution in [3.05, 3.63) is 11.7 Å². The Bertz CT molecular complexity index is 310. The first kappa shape index (κ1) is 11.5. The molecule has 0 bridgehead atoms. The van der Waals surface area contributed by atoms with Crippen LogP contribution >= 0.6 is 0 Å². The lowest BCUT2D eigenvalue weighted by atomic mass is 10.2. The topological polar surface area (TPSA) is 69.4 Å². The molecular formula is C10H17N3O3. The Labute approximate surface area is 94.3 Å². The van der Waals surface area contributed by atoms with Gasteiger partial charge in [-0.2, -0.15) is 4.98 Å². The summed E-state index contributed by atoms with van der Waals surface area (Å²) < 4.78 is 15.9. The van der Waals surface area contributed by atoms with E-state index >= 15 is 0 Å². The highest BCUT2D eigenvalue weighted by atomic mass is 16.5. The van der Waals surface area contributed by atoms with E-state index in [4.69, 9.17) is 14.0 Å². The second-order valence-electron chi connectivity index (χ2n) is 3.64. The molecule has 6 nitrogen and oxygen atoms in total. The number of hydrogen-bond acceptors (Lipinski definition) is 6. The molecule has 1 aromatic heterocycles. The third kappa shape index (κ3) is 3.26. The molecule has 1 aliphatic rings. The minimum Gasteiger partial charge on any atom is -0.375 e. The molecular weight excluding hydrogens is 210 g/mol. The Hall–Kier alpha value is -0.980. The van der Waals surface area contributed by atoms with Crippen LogP contribution in [0.3, 0.4) is 0 Å². The van der Waals surface area contributed by atoms with Gasteiger partial charge in [0.25, 0.3) is 0 Å². The maximum absolute atomic E-state index is 5.55. The number of nitrogens with zero attached hydrogens (tertiary/aromatic N) is 2. The standard InChI is InChI=1S/C10H17N3O3/c1-2-14-7-9-12-10(16-13-9)5-8-6-11-3-4-15-8/h8,11H,2-7H2,1H3. The van der Waals surface area contributed by atoms with Crippen LogP contribution in [0.25, 0.3) is 0 Å². The fourth-order valence-corrected chi connectivity index (χ4v) is 1.57. The molecule has 1 aromatic rings. The van der Waals surface area contributed by atoms with E-state index in [-0.39, 0.29) is 6.10 Å². The number of nitrogens with one attached hydrogen (secondary N) is 1. The molecule has 6 heteroatoms. The molecule has 0 radical (unpaired) electrons. The van der Waals surface area contributed by atoms with Crippen LogP contribution in [-0.4, -0.2) is 42.5 Å². The predicted molar refractivity (Wildman–Crippen MR) is 55.9 cm³/mol.